The van der Waals surface area contributed by atoms with Crippen LogP contribution in [0.3, 0.4) is 0 Å². The zero-order valence-corrected chi connectivity index (χ0v) is 16.4. The molecule has 0 rings (SSSR count). The zero-order chi connectivity index (χ0) is 14.2. The Morgan fingerprint density at radius 3 is 2.30 bits per heavy atom. The van der Waals surface area contributed by atoms with Crippen molar-refractivity contribution in [3.63, 3.8) is 0 Å². The van der Waals surface area contributed by atoms with Crippen molar-refractivity contribution in [2.45, 2.75) is 11.7 Å². The second-order valence-electron chi connectivity index (χ2n) is 3.14. The van der Waals surface area contributed by atoms with E-state index in [1.165, 1.54) is 6.08 Å². The number of nitrogens with two attached hydrogens (primary N) is 1. The minimum Gasteiger partial charge on any atom is -1.00 e. The molecule has 0 saturated heterocycles. The van der Waals surface area contributed by atoms with Gasteiger partial charge in [-0.3, -0.25) is 14.1 Å². The van der Waals surface area contributed by atoms with Crippen LogP contribution in [0.4, 0.5) is 0 Å². The van der Waals surface area contributed by atoms with Crippen molar-refractivity contribution in [1.29, 1.82) is 0 Å². The van der Waals surface area contributed by atoms with E-state index >= 15 is 0 Å². The van der Waals surface area contributed by atoms with E-state index in [-0.39, 0.29) is 81.7 Å². The molecule has 3 N–H and O–H groups in total. The average Bonchev–Trinajstić information content (AvgIpc) is 2.28. The molecule has 1 atom stereocenters. The maximum Gasteiger partial charge on any atom is 1.00 e. The third-order valence-corrected chi connectivity index (χ3v) is 2.78. The van der Waals surface area contributed by atoms with Gasteiger partial charge >= 0.3 is 71.1 Å². The summed E-state index contributed by atoms with van der Waals surface area (Å²) in [5.74, 6) is -2.22. The first-order valence-electron chi connectivity index (χ1n) is 4.92. The summed E-state index contributed by atoms with van der Waals surface area (Å²) in [6.45, 7) is 2.93. The van der Waals surface area contributed by atoms with Gasteiger partial charge in [0.05, 0.1) is 6.42 Å². The SMILES string of the molecule is C=CCOC(=O)CC(C(=O)OCCN)S(=O)(=O)O.[H-].[H-].[Na+].[Na+]. The van der Waals surface area contributed by atoms with E-state index < -0.39 is 33.7 Å². The smallest absolute Gasteiger partial charge is 1.00 e. The predicted octanol–water partition coefficient (Wildman–Crippen LogP) is -6.90. The van der Waals surface area contributed by atoms with Crippen LogP contribution in [0.2, 0.25) is 0 Å². The molecule has 0 radical (unpaired) electrons. The van der Waals surface area contributed by atoms with E-state index in [1.807, 2.05) is 0 Å². The number of hydrogen-bond acceptors (Lipinski definition) is 7. The Hall–Kier alpha value is 0.550. The fraction of sp³-hybridized carbons (Fsp3) is 0.556. The summed E-state index contributed by atoms with van der Waals surface area (Å²) in [7, 11) is -4.76. The van der Waals surface area contributed by atoms with Gasteiger partial charge in [-0.15, -0.1) is 0 Å². The van der Waals surface area contributed by atoms with Gasteiger partial charge in [0.2, 0.25) is 0 Å². The molecular formula is C9H17NNa2O7S. The first-order chi connectivity index (χ1) is 8.32. The Labute approximate surface area is 164 Å². The van der Waals surface area contributed by atoms with Gasteiger partial charge in [-0.05, 0) is 0 Å². The van der Waals surface area contributed by atoms with E-state index in [4.69, 9.17) is 10.3 Å². The summed E-state index contributed by atoms with van der Waals surface area (Å²) >= 11 is 0. The van der Waals surface area contributed by atoms with Crippen LogP contribution < -0.4 is 64.8 Å². The molecule has 0 amide bonds. The van der Waals surface area contributed by atoms with Gasteiger partial charge in [0.15, 0.2) is 5.25 Å². The first kappa shape index (κ1) is 25.5. The molecule has 0 aliphatic carbocycles. The van der Waals surface area contributed by atoms with Crippen LogP contribution in [-0.4, -0.2) is 49.9 Å². The molecule has 20 heavy (non-hydrogen) atoms. The molecule has 8 nitrogen and oxygen atoms in total. The number of carbonyl (C=O) groups is 2. The second-order valence-corrected chi connectivity index (χ2v) is 4.73. The quantitative estimate of drug-likeness (QED) is 0.194. The van der Waals surface area contributed by atoms with Crippen LogP contribution in [-0.2, 0) is 29.2 Å². The number of ether oxygens (including phenoxy) is 2. The molecule has 0 heterocycles. The Balaban J connectivity index is -0.000000241. The zero-order valence-electron chi connectivity index (χ0n) is 13.6. The van der Waals surface area contributed by atoms with Gasteiger partial charge in [0.25, 0.3) is 10.1 Å². The molecule has 0 aliphatic heterocycles. The van der Waals surface area contributed by atoms with E-state index in [2.05, 4.69) is 16.1 Å². The molecule has 0 fully saturated rings. The standard InChI is InChI=1S/C9H15NO7S.2Na.2H/c1-2-4-16-8(11)6-7(18(13,14)15)9(12)17-5-3-10;;;;/h2,7H,1,3-6,10H2,(H,13,14,15);;;;/q;2*+1;2*-1. The summed E-state index contributed by atoms with van der Waals surface area (Å²) in [5.41, 5.74) is 5.06. The monoisotopic (exact) mass is 329 g/mol. The van der Waals surface area contributed by atoms with Crippen molar-refractivity contribution in [3.05, 3.63) is 12.7 Å². The number of rotatable bonds is 8. The summed E-state index contributed by atoms with van der Waals surface area (Å²) < 4.78 is 39.7. The van der Waals surface area contributed by atoms with Crippen LogP contribution in [0.5, 0.6) is 0 Å². The van der Waals surface area contributed by atoms with Crippen molar-refractivity contribution in [2.24, 2.45) is 5.73 Å². The van der Waals surface area contributed by atoms with Gasteiger partial charge in [0.1, 0.15) is 13.2 Å². The summed E-state index contributed by atoms with van der Waals surface area (Å²) in [4.78, 5) is 22.5. The van der Waals surface area contributed by atoms with E-state index in [0.29, 0.717) is 0 Å². The Kier molecular flexibility index (Phi) is 16.9. The number of hydrogen-bond donors (Lipinski definition) is 2. The van der Waals surface area contributed by atoms with Crippen LogP contribution in [0, 0.1) is 0 Å². The van der Waals surface area contributed by atoms with Crippen molar-refractivity contribution >= 4 is 22.1 Å². The molecule has 0 saturated carbocycles. The van der Waals surface area contributed by atoms with Crippen molar-refractivity contribution in [2.75, 3.05) is 19.8 Å². The van der Waals surface area contributed by atoms with Crippen LogP contribution in [0.25, 0.3) is 0 Å². The fourth-order valence-corrected chi connectivity index (χ4v) is 1.58. The molecule has 0 aromatic rings. The minimum atomic E-state index is -4.76. The summed E-state index contributed by atoms with van der Waals surface area (Å²) in [6.07, 6.45) is 0.434. The summed E-state index contributed by atoms with van der Waals surface area (Å²) in [6, 6.07) is 0. The molecule has 11 heteroatoms. The Bertz CT molecular complexity index is 422. The third-order valence-electron chi connectivity index (χ3n) is 1.70. The van der Waals surface area contributed by atoms with Gasteiger partial charge in [-0.1, -0.05) is 12.7 Å². The van der Waals surface area contributed by atoms with Crippen LogP contribution in [0.15, 0.2) is 12.7 Å². The average molecular weight is 329 g/mol. The molecular weight excluding hydrogens is 312 g/mol. The van der Waals surface area contributed by atoms with Crippen molar-refractivity contribution < 1.29 is 94.0 Å². The van der Waals surface area contributed by atoms with Crippen molar-refractivity contribution in [3.8, 4) is 0 Å². The first-order valence-corrected chi connectivity index (χ1v) is 6.42. The molecule has 108 valence electrons. The normalized spacial score (nSPS) is 11.3. The van der Waals surface area contributed by atoms with Gasteiger partial charge < -0.3 is 18.1 Å². The maximum atomic E-state index is 11.3. The maximum absolute atomic E-state index is 11.3. The van der Waals surface area contributed by atoms with E-state index in [1.54, 1.807) is 0 Å². The van der Waals surface area contributed by atoms with Gasteiger partial charge in [0, 0.05) is 6.54 Å². The fourth-order valence-electron chi connectivity index (χ4n) is 0.925. The van der Waals surface area contributed by atoms with Gasteiger partial charge in [-0.25, -0.2) is 0 Å². The summed E-state index contributed by atoms with van der Waals surface area (Å²) in [5, 5.41) is -2.01. The Morgan fingerprint density at radius 1 is 1.35 bits per heavy atom. The third kappa shape index (κ3) is 11.2. The molecule has 0 bridgehead atoms. The molecule has 0 aliphatic rings. The topological polar surface area (TPSA) is 133 Å². The van der Waals surface area contributed by atoms with Crippen LogP contribution in [0.1, 0.15) is 9.27 Å². The minimum absolute atomic E-state index is 0. The predicted molar refractivity (Wildman–Crippen MR) is 63.3 cm³/mol. The molecule has 0 aromatic carbocycles. The largest absolute Gasteiger partial charge is 1.00 e. The number of carbonyl (C=O) groups excluding carboxylic acids is 2. The molecule has 1 unspecified atom stereocenters. The second kappa shape index (κ2) is 13.2. The van der Waals surface area contributed by atoms with E-state index in [0.717, 1.165) is 0 Å². The van der Waals surface area contributed by atoms with Gasteiger partial charge in [-0.2, -0.15) is 8.42 Å². The van der Waals surface area contributed by atoms with E-state index in [9.17, 15) is 18.0 Å². The van der Waals surface area contributed by atoms with Crippen LogP contribution >= 0.6 is 0 Å². The Morgan fingerprint density at radius 2 is 1.90 bits per heavy atom. The molecule has 0 aromatic heterocycles. The van der Waals surface area contributed by atoms with Crippen molar-refractivity contribution in [1.82, 2.24) is 0 Å². The molecule has 0 spiro atoms. The number of esters is 2.